The molecule has 0 unspecified atom stereocenters. The number of hydrogen-bond donors (Lipinski definition) is 1. The SMILES string of the molecule is O=C1CCCN1c1ccc(C2CCNCC2)cc1. The quantitative estimate of drug-likeness (QED) is 0.865. The molecule has 1 aromatic carbocycles. The van der Waals surface area contributed by atoms with Gasteiger partial charge in [-0.25, -0.2) is 0 Å². The Balaban J connectivity index is 1.74. The lowest BCUT2D eigenvalue weighted by molar-refractivity contribution is -0.117. The van der Waals surface area contributed by atoms with E-state index in [-0.39, 0.29) is 5.91 Å². The summed E-state index contributed by atoms with van der Waals surface area (Å²) in [6, 6.07) is 8.63. The minimum atomic E-state index is 0.268. The summed E-state index contributed by atoms with van der Waals surface area (Å²) in [4.78, 5) is 13.6. The molecule has 18 heavy (non-hydrogen) atoms. The van der Waals surface area contributed by atoms with Crippen molar-refractivity contribution in [3.05, 3.63) is 29.8 Å². The number of piperidine rings is 1. The highest BCUT2D eigenvalue weighted by Crippen LogP contribution is 2.28. The van der Waals surface area contributed by atoms with Crippen molar-refractivity contribution in [3.63, 3.8) is 0 Å². The first-order valence-electron chi connectivity index (χ1n) is 6.95. The Hall–Kier alpha value is -1.35. The Kier molecular flexibility index (Phi) is 3.33. The molecule has 3 rings (SSSR count). The summed E-state index contributed by atoms with van der Waals surface area (Å²) in [5.74, 6) is 0.958. The van der Waals surface area contributed by atoms with E-state index in [4.69, 9.17) is 0 Å². The van der Waals surface area contributed by atoms with Gasteiger partial charge in [-0.05, 0) is 56.0 Å². The van der Waals surface area contributed by atoms with Gasteiger partial charge in [0.15, 0.2) is 0 Å². The molecule has 0 radical (unpaired) electrons. The second-order valence-corrected chi connectivity index (χ2v) is 5.26. The van der Waals surface area contributed by atoms with Crippen LogP contribution in [0.5, 0.6) is 0 Å². The first-order chi connectivity index (χ1) is 8.84. The molecular weight excluding hydrogens is 224 g/mol. The molecular formula is C15H20N2O. The van der Waals surface area contributed by atoms with E-state index < -0.39 is 0 Å². The van der Waals surface area contributed by atoms with E-state index in [1.807, 2.05) is 4.90 Å². The number of carbonyl (C=O) groups is 1. The molecule has 96 valence electrons. The molecule has 2 aliphatic rings. The minimum Gasteiger partial charge on any atom is -0.317 e. The Morgan fingerprint density at radius 3 is 2.44 bits per heavy atom. The second kappa shape index (κ2) is 5.11. The van der Waals surface area contributed by atoms with E-state index in [9.17, 15) is 4.79 Å². The average molecular weight is 244 g/mol. The minimum absolute atomic E-state index is 0.268. The van der Waals surface area contributed by atoms with Crippen molar-refractivity contribution in [2.45, 2.75) is 31.6 Å². The van der Waals surface area contributed by atoms with Gasteiger partial charge in [-0.2, -0.15) is 0 Å². The van der Waals surface area contributed by atoms with Gasteiger partial charge in [-0.1, -0.05) is 12.1 Å². The molecule has 0 bridgehead atoms. The van der Waals surface area contributed by atoms with Crippen LogP contribution in [-0.4, -0.2) is 25.5 Å². The number of amides is 1. The third-order valence-electron chi connectivity index (χ3n) is 4.09. The third-order valence-corrected chi connectivity index (χ3v) is 4.09. The number of rotatable bonds is 2. The lowest BCUT2D eigenvalue weighted by Crippen LogP contribution is -2.26. The zero-order valence-corrected chi connectivity index (χ0v) is 10.7. The van der Waals surface area contributed by atoms with Crippen LogP contribution in [0.15, 0.2) is 24.3 Å². The van der Waals surface area contributed by atoms with Crippen LogP contribution in [0.4, 0.5) is 5.69 Å². The third kappa shape index (κ3) is 2.27. The summed E-state index contributed by atoms with van der Waals surface area (Å²) in [6.45, 7) is 3.12. The van der Waals surface area contributed by atoms with Crippen LogP contribution in [0, 0.1) is 0 Å². The maximum atomic E-state index is 11.7. The molecule has 2 heterocycles. The Morgan fingerprint density at radius 1 is 1.11 bits per heavy atom. The topological polar surface area (TPSA) is 32.3 Å². The zero-order valence-electron chi connectivity index (χ0n) is 10.7. The Morgan fingerprint density at radius 2 is 1.83 bits per heavy atom. The molecule has 1 aromatic rings. The van der Waals surface area contributed by atoms with Gasteiger partial charge < -0.3 is 10.2 Å². The highest BCUT2D eigenvalue weighted by Gasteiger charge is 2.22. The largest absolute Gasteiger partial charge is 0.317 e. The standard InChI is InChI=1S/C15H20N2O/c18-15-2-1-11-17(15)14-5-3-12(4-6-14)13-7-9-16-10-8-13/h3-6,13,16H,1-2,7-11H2. The van der Waals surface area contributed by atoms with Gasteiger partial charge in [0.1, 0.15) is 0 Å². The molecule has 3 nitrogen and oxygen atoms in total. The maximum Gasteiger partial charge on any atom is 0.227 e. The summed E-state index contributed by atoms with van der Waals surface area (Å²) >= 11 is 0. The Bertz CT molecular complexity index is 421. The number of hydrogen-bond acceptors (Lipinski definition) is 2. The molecule has 1 N–H and O–H groups in total. The number of benzene rings is 1. The van der Waals surface area contributed by atoms with Gasteiger partial charge in [0, 0.05) is 18.7 Å². The number of anilines is 1. The fourth-order valence-electron chi connectivity index (χ4n) is 3.00. The van der Waals surface area contributed by atoms with E-state index >= 15 is 0 Å². The van der Waals surface area contributed by atoms with E-state index in [0.717, 1.165) is 31.7 Å². The Labute approximate surface area is 108 Å². The van der Waals surface area contributed by atoms with Crippen LogP contribution in [-0.2, 0) is 4.79 Å². The molecule has 2 aliphatic heterocycles. The summed E-state index contributed by atoms with van der Waals surface area (Å²) < 4.78 is 0. The van der Waals surface area contributed by atoms with E-state index in [1.165, 1.54) is 18.4 Å². The van der Waals surface area contributed by atoms with Gasteiger partial charge >= 0.3 is 0 Å². The molecule has 0 atom stereocenters. The van der Waals surface area contributed by atoms with Crippen LogP contribution >= 0.6 is 0 Å². The second-order valence-electron chi connectivity index (χ2n) is 5.26. The lowest BCUT2D eigenvalue weighted by atomic mass is 9.90. The van der Waals surface area contributed by atoms with E-state index in [2.05, 4.69) is 29.6 Å². The van der Waals surface area contributed by atoms with Crippen molar-refractivity contribution in [3.8, 4) is 0 Å². The van der Waals surface area contributed by atoms with Gasteiger partial charge in [-0.3, -0.25) is 4.79 Å². The predicted octanol–water partition coefficient (Wildman–Crippen LogP) is 2.28. The highest BCUT2D eigenvalue weighted by molar-refractivity contribution is 5.95. The molecule has 3 heteroatoms. The van der Waals surface area contributed by atoms with Crippen LogP contribution in [0.2, 0.25) is 0 Å². The summed E-state index contributed by atoms with van der Waals surface area (Å²) in [6.07, 6.45) is 4.15. The predicted molar refractivity (Wildman–Crippen MR) is 72.9 cm³/mol. The van der Waals surface area contributed by atoms with Crippen LogP contribution < -0.4 is 10.2 Å². The summed E-state index contributed by atoms with van der Waals surface area (Å²) in [5, 5.41) is 3.39. The zero-order chi connectivity index (χ0) is 12.4. The fraction of sp³-hybridized carbons (Fsp3) is 0.533. The normalized spacial score (nSPS) is 21.6. The monoisotopic (exact) mass is 244 g/mol. The number of nitrogens with one attached hydrogen (secondary N) is 1. The van der Waals surface area contributed by atoms with E-state index in [0.29, 0.717) is 12.3 Å². The van der Waals surface area contributed by atoms with E-state index in [1.54, 1.807) is 0 Å². The van der Waals surface area contributed by atoms with Crippen LogP contribution in [0.25, 0.3) is 0 Å². The van der Waals surface area contributed by atoms with Gasteiger partial charge in [0.2, 0.25) is 5.91 Å². The molecule has 1 amide bonds. The van der Waals surface area contributed by atoms with Gasteiger partial charge in [-0.15, -0.1) is 0 Å². The van der Waals surface area contributed by atoms with Crippen molar-refractivity contribution in [1.29, 1.82) is 0 Å². The lowest BCUT2D eigenvalue weighted by Gasteiger charge is -2.24. The average Bonchev–Trinajstić information content (AvgIpc) is 2.86. The first-order valence-corrected chi connectivity index (χ1v) is 6.95. The molecule has 2 saturated heterocycles. The smallest absolute Gasteiger partial charge is 0.227 e. The molecule has 2 fully saturated rings. The van der Waals surface area contributed by atoms with Gasteiger partial charge in [0.05, 0.1) is 0 Å². The first kappa shape index (κ1) is 11.7. The molecule has 0 saturated carbocycles. The number of carbonyl (C=O) groups excluding carboxylic acids is 1. The molecule has 0 aromatic heterocycles. The van der Waals surface area contributed by atoms with Crippen molar-refractivity contribution in [2.24, 2.45) is 0 Å². The van der Waals surface area contributed by atoms with Crippen molar-refractivity contribution in [2.75, 3.05) is 24.5 Å². The fourth-order valence-corrected chi connectivity index (χ4v) is 3.00. The molecule has 0 spiro atoms. The number of nitrogens with zero attached hydrogens (tertiary/aromatic N) is 1. The van der Waals surface area contributed by atoms with Gasteiger partial charge in [0.25, 0.3) is 0 Å². The van der Waals surface area contributed by atoms with Crippen molar-refractivity contribution in [1.82, 2.24) is 5.32 Å². The summed E-state index contributed by atoms with van der Waals surface area (Å²) in [7, 11) is 0. The van der Waals surface area contributed by atoms with Crippen LogP contribution in [0.1, 0.15) is 37.2 Å². The summed E-state index contributed by atoms with van der Waals surface area (Å²) in [5.41, 5.74) is 2.49. The molecule has 0 aliphatic carbocycles. The maximum absolute atomic E-state index is 11.7. The van der Waals surface area contributed by atoms with Crippen molar-refractivity contribution < 1.29 is 4.79 Å². The van der Waals surface area contributed by atoms with Crippen molar-refractivity contribution >= 4 is 11.6 Å². The highest BCUT2D eigenvalue weighted by atomic mass is 16.2. The van der Waals surface area contributed by atoms with Crippen LogP contribution in [0.3, 0.4) is 0 Å².